The van der Waals surface area contributed by atoms with Gasteiger partial charge in [0.05, 0.1) is 0 Å². The van der Waals surface area contributed by atoms with Crippen LogP contribution in [0.25, 0.3) is 0 Å². The minimum atomic E-state index is 0.708. The molecule has 2 N–H and O–H groups in total. The molecular formula is C11H13ClN4S. The highest BCUT2D eigenvalue weighted by atomic mass is 35.5. The Kier molecular flexibility index (Phi) is 4.04. The van der Waals surface area contributed by atoms with Crippen molar-refractivity contribution < 1.29 is 0 Å². The van der Waals surface area contributed by atoms with E-state index < -0.39 is 0 Å². The number of benzene rings is 1. The van der Waals surface area contributed by atoms with Crippen molar-refractivity contribution in [2.24, 2.45) is 0 Å². The van der Waals surface area contributed by atoms with Crippen molar-refractivity contribution in [2.75, 3.05) is 7.05 Å². The Morgan fingerprint density at radius 2 is 2.29 bits per heavy atom. The Balaban J connectivity index is 2.14. The lowest BCUT2D eigenvalue weighted by molar-refractivity contribution is 0.817. The molecule has 4 nitrogen and oxygen atoms in total. The molecule has 0 bridgehead atoms. The van der Waals surface area contributed by atoms with Crippen molar-refractivity contribution in [1.29, 1.82) is 0 Å². The lowest BCUT2D eigenvalue weighted by Crippen LogP contribution is -2.05. The fourth-order valence-corrected chi connectivity index (χ4v) is 2.51. The number of halogens is 1. The summed E-state index contributed by atoms with van der Waals surface area (Å²) >= 11 is 7.67. The maximum atomic E-state index is 6.18. The van der Waals surface area contributed by atoms with Crippen LogP contribution in [0, 0.1) is 6.92 Å². The summed E-state index contributed by atoms with van der Waals surface area (Å²) in [5, 5.41) is 11.4. The van der Waals surface area contributed by atoms with Crippen LogP contribution >= 0.6 is 23.4 Å². The summed E-state index contributed by atoms with van der Waals surface area (Å²) in [6.07, 6.45) is 0. The molecule has 90 valence electrons. The molecule has 0 atom stereocenters. The standard InChI is InChI=1S/C11H13ClN4S/c1-7-14-11(16-15-7)17-9-4-3-8(6-13-2)10(12)5-9/h3-5,13H,6H2,1-2H3,(H,14,15,16). The van der Waals surface area contributed by atoms with E-state index in [9.17, 15) is 0 Å². The third-order valence-corrected chi connectivity index (χ3v) is 3.38. The average molecular weight is 269 g/mol. The number of nitrogens with one attached hydrogen (secondary N) is 2. The van der Waals surface area contributed by atoms with E-state index in [4.69, 9.17) is 11.6 Å². The van der Waals surface area contributed by atoms with Gasteiger partial charge in [0.25, 0.3) is 0 Å². The molecule has 0 radical (unpaired) electrons. The molecule has 1 aromatic heterocycles. The van der Waals surface area contributed by atoms with Gasteiger partial charge in [-0.15, -0.1) is 5.10 Å². The summed E-state index contributed by atoms with van der Waals surface area (Å²) in [7, 11) is 1.90. The molecule has 0 aliphatic rings. The first-order valence-electron chi connectivity index (χ1n) is 5.19. The smallest absolute Gasteiger partial charge is 0.213 e. The highest BCUT2D eigenvalue weighted by molar-refractivity contribution is 7.99. The fraction of sp³-hybridized carbons (Fsp3) is 0.273. The topological polar surface area (TPSA) is 53.6 Å². The Labute approximate surface area is 109 Å². The van der Waals surface area contributed by atoms with Crippen LogP contribution in [0.1, 0.15) is 11.4 Å². The zero-order valence-corrected chi connectivity index (χ0v) is 11.2. The summed E-state index contributed by atoms with van der Waals surface area (Å²) in [4.78, 5) is 5.27. The summed E-state index contributed by atoms with van der Waals surface area (Å²) in [5.74, 6) is 0.811. The Hall–Kier alpha value is -1.04. The van der Waals surface area contributed by atoms with Crippen LogP contribution in [0.2, 0.25) is 5.02 Å². The van der Waals surface area contributed by atoms with Crippen molar-refractivity contribution in [1.82, 2.24) is 20.5 Å². The second-order valence-corrected chi connectivity index (χ2v) is 5.04. The SMILES string of the molecule is CNCc1ccc(Sc2n[nH]c(C)n2)cc1Cl. The summed E-state index contributed by atoms with van der Waals surface area (Å²) < 4.78 is 0. The van der Waals surface area contributed by atoms with Crippen LogP contribution in [-0.2, 0) is 6.54 Å². The highest BCUT2D eigenvalue weighted by Crippen LogP contribution is 2.28. The van der Waals surface area contributed by atoms with E-state index in [1.807, 2.05) is 32.2 Å². The number of H-pyrrole nitrogens is 1. The van der Waals surface area contributed by atoms with Gasteiger partial charge in [0.15, 0.2) is 0 Å². The normalized spacial score (nSPS) is 10.8. The molecule has 0 aliphatic heterocycles. The number of aromatic nitrogens is 3. The molecule has 0 unspecified atom stereocenters. The molecule has 0 fully saturated rings. The van der Waals surface area contributed by atoms with Crippen molar-refractivity contribution in [3.63, 3.8) is 0 Å². The van der Waals surface area contributed by atoms with E-state index in [-0.39, 0.29) is 0 Å². The lowest BCUT2D eigenvalue weighted by atomic mass is 10.2. The molecule has 0 saturated heterocycles. The number of hydrogen-bond acceptors (Lipinski definition) is 4. The molecule has 6 heteroatoms. The first-order chi connectivity index (χ1) is 8.19. The third kappa shape index (κ3) is 3.21. The summed E-state index contributed by atoms with van der Waals surface area (Å²) in [5.41, 5.74) is 1.09. The van der Waals surface area contributed by atoms with Crippen molar-refractivity contribution in [2.45, 2.75) is 23.5 Å². The lowest BCUT2D eigenvalue weighted by Gasteiger charge is -2.05. The van der Waals surface area contributed by atoms with Gasteiger partial charge >= 0.3 is 0 Å². The van der Waals surface area contributed by atoms with Gasteiger partial charge in [0.1, 0.15) is 5.82 Å². The molecule has 0 aliphatic carbocycles. The van der Waals surface area contributed by atoms with Crippen LogP contribution in [0.15, 0.2) is 28.3 Å². The van der Waals surface area contributed by atoms with E-state index >= 15 is 0 Å². The zero-order chi connectivity index (χ0) is 12.3. The molecule has 17 heavy (non-hydrogen) atoms. The number of hydrogen-bond donors (Lipinski definition) is 2. The van der Waals surface area contributed by atoms with Gasteiger partial charge in [-0.25, -0.2) is 4.98 Å². The van der Waals surface area contributed by atoms with Gasteiger partial charge in [0.2, 0.25) is 5.16 Å². The van der Waals surface area contributed by atoms with Crippen LogP contribution in [0.5, 0.6) is 0 Å². The second-order valence-electron chi connectivity index (χ2n) is 3.59. The molecule has 1 heterocycles. The predicted octanol–water partition coefficient (Wildman–Crippen LogP) is 2.64. The molecule has 1 aromatic carbocycles. The molecule has 0 spiro atoms. The fourth-order valence-electron chi connectivity index (χ4n) is 1.40. The molecular weight excluding hydrogens is 256 g/mol. The Morgan fingerprint density at radius 1 is 1.47 bits per heavy atom. The van der Waals surface area contributed by atoms with E-state index in [0.717, 1.165) is 27.9 Å². The number of rotatable bonds is 4. The molecule has 0 amide bonds. The highest BCUT2D eigenvalue weighted by Gasteiger charge is 2.05. The third-order valence-electron chi connectivity index (χ3n) is 2.18. The minimum absolute atomic E-state index is 0.708. The number of aryl methyl sites for hydroxylation is 1. The van der Waals surface area contributed by atoms with Gasteiger partial charge in [-0.3, -0.25) is 5.10 Å². The van der Waals surface area contributed by atoms with Crippen LogP contribution in [0.4, 0.5) is 0 Å². The van der Waals surface area contributed by atoms with Gasteiger partial charge in [-0.05, 0) is 43.4 Å². The monoisotopic (exact) mass is 268 g/mol. The quantitative estimate of drug-likeness (QED) is 0.895. The Bertz CT molecular complexity index is 512. The zero-order valence-electron chi connectivity index (χ0n) is 9.62. The predicted molar refractivity (Wildman–Crippen MR) is 69.5 cm³/mol. The van der Waals surface area contributed by atoms with Crippen LogP contribution in [0.3, 0.4) is 0 Å². The average Bonchev–Trinajstić information content (AvgIpc) is 2.68. The second kappa shape index (κ2) is 5.53. The van der Waals surface area contributed by atoms with E-state index in [1.165, 1.54) is 11.8 Å². The number of nitrogens with zero attached hydrogens (tertiary/aromatic N) is 2. The first-order valence-corrected chi connectivity index (χ1v) is 6.38. The molecule has 2 aromatic rings. The summed E-state index contributed by atoms with van der Waals surface area (Å²) in [6, 6.07) is 5.97. The number of aromatic amines is 1. The van der Waals surface area contributed by atoms with E-state index in [2.05, 4.69) is 20.5 Å². The molecule has 2 rings (SSSR count). The van der Waals surface area contributed by atoms with Crippen LogP contribution in [-0.4, -0.2) is 22.2 Å². The molecule has 0 saturated carbocycles. The first kappa shape index (κ1) is 12.4. The van der Waals surface area contributed by atoms with Gasteiger partial charge in [-0.1, -0.05) is 17.7 Å². The largest absolute Gasteiger partial charge is 0.316 e. The minimum Gasteiger partial charge on any atom is -0.316 e. The summed E-state index contributed by atoms with van der Waals surface area (Å²) in [6.45, 7) is 2.64. The maximum absolute atomic E-state index is 6.18. The van der Waals surface area contributed by atoms with Crippen molar-refractivity contribution in [3.05, 3.63) is 34.6 Å². The van der Waals surface area contributed by atoms with Gasteiger partial charge in [-0.2, -0.15) is 0 Å². The van der Waals surface area contributed by atoms with Crippen LogP contribution < -0.4 is 5.32 Å². The van der Waals surface area contributed by atoms with Gasteiger partial charge in [0, 0.05) is 16.5 Å². The van der Waals surface area contributed by atoms with Gasteiger partial charge < -0.3 is 5.32 Å². The van der Waals surface area contributed by atoms with E-state index in [1.54, 1.807) is 0 Å². The maximum Gasteiger partial charge on any atom is 0.213 e. The Morgan fingerprint density at radius 3 is 2.88 bits per heavy atom. The van der Waals surface area contributed by atoms with E-state index in [0.29, 0.717) is 5.16 Å². The van der Waals surface area contributed by atoms with Crippen molar-refractivity contribution in [3.8, 4) is 0 Å². The van der Waals surface area contributed by atoms with Crippen molar-refractivity contribution >= 4 is 23.4 Å².